The van der Waals surface area contributed by atoms with Crippen molar-refractivity contribution in [2.45, 2.75) is 6.54 Å². The number of rotatable bonds is 3. The highest BCUT2D eigenvalue weighted by Gasteiger charge is 2.20. The van der Waals surface area contributed by atoms with Crippen molar-refractivity contribution in [1.29, 1.82) is 0 Å². The first-order chi connectivity index (χ1) is 14.6. The summed E-state index contributed by atoms with van der Waals surface area (Å²) in [4.78, 5) is 15.9. The number of aromatic amines is 1. The van der Waals surface area contributed by atoms with E-state index in [-0.39, 0.29) is 12.1 Å². The minimum atomic E-state index is -0.255. The van der Waals surface area contributed by atoms with Crippen molar-refractivity contribution in [3.05, 3.63) is 82.3 Å². The molecule has 4 aromatic heterocycles. The van der Waals surface area contributed by atoms with Gasteiger partial charge < -0.3 is 10.6 Å². The lowest BCUT2D eigenvalue weighted by Crippen LogP contribution is -2.13. The molecule has 3 N–H and O–H groups in total. The van der Waals surface area contributed by atoms with Gasteiger partial charge in [0.15, 0.2) is 0 Å². The van der Waals surface area contributed by atoms with Gasteiger partial charge in [-0.1, -0.05) is 18.7 Å². The number of H-pyrrole nitrogens is 1. The second-order valence-electron chi connectivity index (χ2n) is 6.98. The summed E-state index contributed by atoms with van der Waals surface area (Å²) in [5.41, 5.74) is 10.5. The van der Waals surface area contributed by atoms with Crippen molar-refractivity contribution >= 4 is 22.1 Å². The van der Waals surface area contributed by atoms with E-state index in [1.54, 1.807) is 16.9 Å². The first kappa shape index (κ1) is 17.8. The van der Waals surface area contributed by atoms with Crippen LogP contribution < -0.4 is 11.3 Å². The number of aryl methyl sites for hydroxylation is 1. The predicted molar refractivity (Wildman–Crippen MR) is 115 cm³/mol. The van der Waals surface area contributed by atoms with Crippen molar-refractivity contribution in [2.24, 2.45) is 12.8 Å². The van der Waals surface area contributed by atoms with Gasteiger partial charge in [-0.3, -0.25) is 13.9 Å². The van der Waals surface area contributed by atoms with Crippen LogP contribution in [0.2, 0.25) is 0 Å². The average molecular weight is 395 g/mol. The third kappa shape index (κ3) is 2.53. The van der Waals surface area contributed by atoms with Gasteiger partial charge in [0, 0.05) is 30.1 Å². The van der Waals surface area contributed by atoms with Crippen molar-refractivity contribution in [3.63, 3.8) is 0 Å². The predicted octanol–water partition coefficient (Wildman–Crippen LogP) is 3.25. The number of benzene rings is 1. The summed E-state index contributed by atoms with van der Waals surface area (Å²) in [6.07, 6.45) is 3.65. The third-order valence-corrected chi connectivity index (χ3v) is 5.32. The van der Waals surface area contributed by atoms with Crippen molar-refractivity contribution in [3.8, 4) is 22.4 Å². The number of pyridine rings is 1. The Bertz CT molecular complexity index is 1530. The molecule has 0 saturated heterocycles. The van der Waals surface area contributed by atoms with Crippen LogP contribution in [0.1, 0.15) is 5.69 Å². The maximum Gasteiger partial charge on any atom is 0.272 e. The molecule has 0 fully saturated rings. The lowest BCUT2D eigenvalue weighted by atomic mass is 9.99. The average Bonchev–Trinajstić information content (AvgIpc) is 3.33. The molecular weight excluding hydrogens is 378 g/mol. The monoisotopic (exact) mass is 395 g/mol. The van der Waals surface area contributed by atoms with E-state index in [4.69, 9.17) is 12.3 Å². The highest BCUT2D eigenvalue weighted by Crippen LogP contribution is 2.39. The molecule has 0 aliphatic rings. The van der Waals surface area contributed by atoms with Gasteiger partial charge in [-0.05, 0) is 35.9 Å². The Labute approximate surface area is 171 Å². The quantitative estimate of drug-likeness (QED) is 0.458. The molecule has 4 heterocycles. The van der Waals surface area contributed by atoms with Crippen LogP contribution in [0.15, 0.2) is 59.7 Å². The van der Waals surface area contributed by atoms with E-state index in [9.17, 15) is 4.79 Å². The van der Waals surface area contributed by atoms with E-state index in [1.165, 1.54) is 0 Å². The first-order valence-corrected chi connectivity index (χ1v) is 9.34. The van der Waals surface area contributed by atoms with Crippen LogP contribution in [0.5, 0.6) is 0 Å². The summed E-state index contributed by atoms with van der Waals surface area (Å²) in [5, 5.41) is 12.3. The Morgan fingerprint density at radius 3 is 2.83 bits per heavy atom. The van der Waals surface area contributed by atoms with Crippen molar-refractivity contribution < 1.29 is 0 Å². The van der Waals surface area contributed by atoms with Gasteiger partial charge in [0.2, 0.25) is 5.82 Å². The lowest BCUT2D eigenvalue weighted by molar-refractivity contribution is 0.776. The fourth-order valence-electron chi connectivity index (χ4n) is 3.91. The fourth-order valence-corrected chi connectivity index (χ4v) is 3.91. The molecule has 0 radical (unpaired) electrons. The summed E-state index contributed by atoms with van der Waals surface area (Å²) in [7, 11) is 1.85. The van der Waals surface area contributed by atoms with Crippen LogP contribution in [0, 0.1) is 6.57 Å². The lowest BCUT2D eigenvalue weighted by Gasteiger charge is -2.09. The summed E-state index contributed by atoms with van der Waals surface area (Å²) in [5.74, 6) is 0.525. The fraction of sp³-hybridized carbons (Fsp3) is 0.0909. The number of fused-ring (bicyclic) bond motifs is 2. The Morgan fingerprint density at radius 2 is 2.03 bits per heavy atom. The molecule has 0 spiro atoms. The molecule has 146 valence electrons. The molecule has 0 atom stereocenters. The van der Waals surface area contributed by atoms with E-state index in [1.807, 2.05) is 54.0 Å². The van der Waals surface area contributed by atoms with Gasteiger partial charge in [0.05, 0.1) is 29.2 Å². The first-order valence-electron chi connectivity index (χ1n) is 9.34. The van der Waals surface area contributed by atoms with E-state index in [0.717, 1.165) is 27.9 Å². The summed E-state index contributed by atoms with van der Waals surface area (Å²) in [6, 6.07) is 13.4. The normalized spacial score (nSPS) is 11.2. The number of aromatic nitrogens is 5. The zero-order chi connectivity index (χ0) is 20.8. The van der Waals surface area contributed by atoms with Gasteiger partial charge in [-0.25, -0.2) is 5.10 Å². The highest BCUT2D eigenvalue weighted by molar-refractivity contribution is 5.94. The topological polar surface area (TPSA) is 98.4 Å². The molecule has 5 rings (SSSR count). The number of hydrogen-bond acceptors (Lipinski definition) is 4. The van der Waals surface area contributed by atoms with Crippen LogP contribution in [-0.2, 0) is 13.6 Å². The van der Waals surface area contributed by atoms with Crippen LogP contribution in [0.25, 0.3) is 43.5 Å². The Balaban J connectivity index is 1.79. The molecule has 5 aromatic rings. The Morgan fingerprint density at radius 1 is 1.17 bits per heavy atom. The summed E-state index contributed by atoms with van der Waals surface area (Å²) < 4.78 is 3.64. The number of nitrogens with zero attached hydrogens (tertiary/aromatic N) is 5. The molecule has 8 heteroatoms. The molecule has 0 saturated carbocycles. The zero-order valence-electron chi connectivity index (χ0n) is 16.1. The zero-order valence-corrected chi connectivity index (χ0v) is 16.1. The molecule has 30 heavy (non-hydrogen) atoms. The van der Waals surface area contributed by atoms with Crippen LogP contribution >= 0.6 is 0 Å². The van der Waals surface area contributed by atoms with Gasteiger partial charge in [-0.15, -0.1) is 0 Å². The van der Waals surface area contributed by atoms with Gasteiger partial charge in [0.25, 0.3) is 5.56 Å². The second-order valence-corrected chi connectivity index (χ2v) is 6.98. The Kier molecular flexibility index (Phi) is 3.98. The van der Waals surface area contributed by atoms with Crippen LogP contribution in [0.3, 0.4) is 0 Å². The molecule has 0 aliphatic carbocycles. The summed E-state index contributed by atoms with van der Waals surface area (Å²) in [6.45, 7) is 7.94. The largest absolute Gasteiger partial charge is 0.363 e. The smallest absolute Gasteiger partial charge is 0.272 e. The number of nitrogens with two attached hydrogens (primary N) is 1. The van der Waals surface area contributed by atoms with E-state index in [0.29, 0.717) is 22.3 Å². The molecule has 1 aromatic carbocycles. The van der Waals surface area contributed by atoms with Crippen LogP contribution in [-0.4, -0.2) is 24.4 Å². The number of nitrogens with one attached hydrogen (secondary N) is 1. The summed E-state index contributed by atoms with van der Waals surface area (Å²) >= 11 is 0. The van der Waals surface area contributed by atoms with Crippen molar-refractivity contribution in [1.82, 2.24) is 24.4 Å². The number of hydrogen-bond donors (Lipinski definition) is 2. The molecule has 0 aliphatic heterocycles. The maximum absolute atomic E-state index is 12.2. The minimum absolute atomic E-state index is 0.212. The van der Waals surface area contributed by atoms with Crippen molar-refractivity contribution in [2.75, 3.05) is 0 Å². The molecule has 0 bridgehead atoms. The molecular formula is C22H17N7O. The molecule has 8 nitrogen and oxygen atoms in total. The van der Waals surface area contributed by atoms with Crippen LogP contribution in [0.4, 0.5) is 5.82 Å². The van der Waals surface area contributed by atoms with Gasteiger partial charge in [-0.2, -0.15) is 10.2 Å². The van der Waals surface area contributed by atoms with Gasteiger partial charge >= 0.3 is 0 Å². The van der Waals surface area contributed by atoms with E-state index >= 15 is 0 Å². The highest BCUT2D eigenvalue weighted by atomic mass is 16.1. The molecule has 0 unspecified atom stereocenters. The maximum atomic E-state index is 12.2. The minimum Gasteiger partial charge on any atom is -0.363 e. The SMILES string of the molecule is [C-]#[N+]c1c(-c2c(-c3ccc4c(=O)[nH]nc(CN)c4c3)cnn2C)cc2ccccn12. The standard InChI is InChI=1S/C22H17N7O/c1-24-21-17(10-14-5-3-4-8-29(14)21)20-18(12-25-28(20)2)13-6-7-15-16(9-13)19(11-23)26-27-22(15)30/h3-10,12H,11,23H2,2H3,(H,27,30). The molecule has 0 amide bonds. The van der Waals surface area contributed by atoms with E-state index in [2.05, 4.69) is 20.1 Å². The second kappa shape index (κ2) is 6.69. The Hall–Kier alpha value is -4.22. The van der Waals surface area contributed by atoms with E-state index < -0.39 is 0 Å². The third-order valence-electron chi connectivity index (χ3n) is 5.32. The van der Waals surface area contributed by atoms with Gasteiger partial charge in [0.1, 0.15) is 5.52 Å².